The minimum absolute atomic E-state index is 0.109. The van der Waals surface area contributed by atoms with Crippen LogP contribution in [-0.2, 0) is 0 Å². The van der Waals surface area contributed by atoms with Gasteiger partial charge in [-0.3, -0.25) is 4.90 Å². The molecule has 1 atom stereocenters. The molecule has 1 N–H and O–H groups in total. The SMILES string of the molecule is CC(C)Oc1ccccc1C(O)C(C)(C)N1CCCC1. The molecular formula is C17H27NO2. The molecule has 0 aromatic heterocycles. The molecule has 1 aliphatic rings. The van der Waals surface area contributed by atoms with Gasteiger partial charge >= 0.3 is 0 Å². The fourth-order valence-electron chi connectivity index (χ4n) is 2.91. The molecule has 0 bridgehead atoms. The third-order valence-corrected chi connectivity index (χ3v) is 4.17. The second-order valence-corrected chi connectivity index (χ2v) is 6.45. The minimum atomic E-state index is -0.546. The van der Waals surface area contributed by atoms with E-state index in [1.807, 2.05) is 38.1 Å². The molecular weight excluding hydrogens is 250 g/mol. The number of aliphatic hydroxyl groups excluding tert-OH is 1. The molecule has 0 amide bonds. The van der Waals surface area contributed by atoms with Gasteiger partial charge in [-0.15, -0.1) is 0 Å². The van der Waals surface area contributed by atoms with Crippen molar-refractivity contribution in [2.24, 2.45) is 0 Å². The van der Waals surface area contributed by atoms with E-state index >= 15 is 0 Å². The predicted octanol–water partition coefficient (Wildman–Crippen LogP) is 3.38. The molecule has 0 radical (unpaired) electrons. The van der Waals surface area contributed by atoms with E-state index in [0.29, 0.717) is 0 Å². The van der Waals surface area contributed by atoms with Crippen molar-refractivity contribution in [1.29, 1.82) is 0 Å². The van der Waals surface area contributed by atoms with Crippen molar-refractivity contribution in [2.45, 2.75) is 58.3 Å². The first-order valence-corrected chi connectivity index (χ1v) is 7.61. The van der Waals surface area contributed by atoms with Gasteiger partial charge in [0.1, 0.15) is 11.9 Å². The van der Waals surface area contributed by atoms with Crippen LogP contribution in [0.5, 0.6) is 5.75 Å². The van der Waals surface area contributed by atoms with Crippen molar-refractivity contribution in [2.75, 3.05) is 13.1 Å². The average molecular weight is 277 g/mol. The van der Waals surface area contributed by atoms with Crippen LogP contribution in [0.15, 0.2) is 24.3 Å². The predicted molar refractivity (Wildman–Crippen MR) is 82.1 cm³/mol. The van der Waals surface area contributed by atoms with E-state index in [2.05, 4.69) is 18.7 Å². The zero-order valence-electron chi connectivity index (χ0n) is 13.1. The number of hydrogen-bond donors (Lipinski definition) is 1. The van der Waals surface area contributed by atoms with E-state index in [0.717, 1.165) is 24.4 Å². The average Bonchev–Trinajstić information content (AvgIpc) is 2.92. The quantitative estimate of drug-likeness (QED) is 0.895. The molecule has 1 heterocycles. The van der Waals surface area contributed by atoms with Crippen LogP contribution in [0.1, 0.15) is 52.2 Å². The van der Waals surface area contributed by atoms with Crippen molar-refractivity contribution >= 4 is 0 Å². The summed E-state index contributed by atoms with van der Waals surface area (Å²) in [7, 11) is 0. The van der Waals surface area contributed by atoms with Gasteiger partial charge in [0, 0.05) is 11.1 Å². The van der Waals surface area contributed by atoms with E-state index in [-0.39, 0.29) is 11.6 Å². The highest BCUT2D eigenvalue weighted by molar-refractivity contribution is 5.37. The molecule has 1 fully saturated rings. The summed E-state index contributed by atoms with van der Waals surface area (Å²) in [6.07, 6.45) is 2.01. The van der Waals surface area contributed by atoms with Crippen LogP contribution >= 0.6 is 0 Å². The topological polar surface area (TPSA) is 32.7 Å². The molecule has 1 aromatic carbocycles. The van der Waals surface area contributed by atoms with Gasteiger partial charge in [-0.05, 0) is 59.7 Å². The van der Waals surface area contributed by atoms with Crippen LogP contribution in [0.3, 0.4) is 0 Å². The highest BCUT2D eigenvalue weighted by Gasteiger charge is 2.37. The lowest BCUT2D eigenvalue weighted by atomic mass is 9.89. The first-order chi connectivity index (χ1) is 9.43. The van der Waals surface area contributed by atoms with E-state index in [1.165, 1.54) is 12.8 Å². The summed E-state index contributed by atoms with van der Waals surface area (Å²) in [5, 5.41) is 10.9. The van der Waals surface area contributed by atoms with E-state index in [1.54, 1.807) is 0 Å². The van der Waals surface area contributed by atoms with Gasteiger partial charge in [0.2, 0.25) is 0 Å². The van der Waals surface area contributed by atoms with Gasteiger partial charge in [-0.25, -0.2) is 0 Å². The standard InChI is InChI=1S/C17H27NO2/c1-13(2)20-15-10-6-5-9-14(15)16(19)17(3,4)18-11-7-8-12-18/h5-6,9-10,13,16,19H,7-8,11-12H2,1-4H3. The monoisotopic (exact) mass is 277 g/mol. The molecule has 1 aromatic rings. The molecule has 0 spiro atoms. The Morgan fingerprint density at radius 3 is 2.35 bits per heavy atom. The maximum atomic E-state index is 10.9. The first-order valence-electron chi connectivity index (χ1n) is 7.61. The van der Waals surface area contributed by atoms with Crippen molar-refractivity contribution in [1.82, 2.24) is 4.90 Å². The zero-order valence-corrected chi connectivity index (χ0v) is 13.1. The van der Waals surface area contributed by atoms with Crippen molar-refractivity contribution in [3.05, 3.63) is 29.8 Å². The molecule has 20 heavy (non-hydrogen) atoms. The highest BCUT2D eigenvalue weighted by atomic mass is 16.5. The summed E-state index contributed by atoms with van der Waals surface area (Å²) in [6.45, 7) is 10.4. The van der Waals surface area contributed by atoms with Gasteiger partial charge < -0.3 is 9.84 Å². The number of ether oxygens (including phenoxy) is 1. The molecule has 112 valence electrons. The first kappa shape index (κ1) is 15.3. The summed E-state index contributed by atoms with van der Waals surface area (Å²) in [5.41, 5.74) is 0.616. The Morgan fingerprint density at radius 1 is 1.15 bits per heavy atom. The van der Waals surface area contributed by atoms with Crippen molar-refractivity contribution < 1.29 is 9.84 Å². The Hall–Kier alpha value is -1.06. The Morgan fingerprint density at radius 2 is 1.75 bits per heavy atom. The summed E-state index contributed by atoms with van der Waals surface area (Å²) in [4.78, 5) is 2.38. The fourth-order valence-corrected chi connectivity index (χ4v) is 2.91. The number of aliphatic hydroxyl groups is 1. The second-order valence-electron chi connectivity index (χ2n) is 6.45. The van der Waals surface area contributed by atoms with Gasteiger partial charge in [0.15, 0.2) is 0 Å². The maximum Gasteiger partial charge on any atom is 0.125 e. The van der Waals surface area contributed by atoms with Crippen LogP contribution < -0.4 is 4.74 Å². The van der Waals surface area contributed by atoms with Crippen LogP contribution in [0.2, 0.25) is 0 Å². The lowest BCUT2D eigenvalue weighted by Gasteiger charge is -2.40. The number of para-hydroxylation sites is 1. The number of nitrogens with zero attached hydrogens (tertiary/aromatic N) is 1. The number of likely N-dealkylation sites (tertiary alicyclic amines) is 1. The summed E-state index contributed by atoms with van der Waals surface area (Å²) >= 11 is 0. The third kappa shape index (κ3) is 3.15. The van der Waals surface area contributed by atoms with Crippen molar-refractivity contribution in [3.8, 4) is 5.75 Å². The molecule has 2 rings (SSSR count). The van der Waals surface area contributed by atoms with Crippen molar-refractivity contribution in [3.63, 3.8) is 0 Å². The van der Waals surface area contributed by atoms with Gasteiger partial charge in [0.25, 0.3) is 0 Å². The molecule has 3 heteroatoms. The molecule has 0 aliphatic carbocycles. The Kier molecular flexibility index (Phi) is 4.71. The van der Waals surface area contributed by atoms with E-state index in [9.17, 15) is 5.11 Å². The maximum absolute atomic E-state index is 10.9. The zero-order chi connectivity index (χ0) is 14.8. The lowest BCUT2D eigenvalue weighted by Crippen LogP contribution is -2.46. The second kappa shape index (κ2) is 6.15. The lowest BCUT2D eigenvalue weighted by molar-refractivity contribution is -0.000659. The van der Waals surface area contributed by atoms with E-state index < -0.39 is 6.10 Å². The molecule has 3 nitrogen and oxygen atoms in total. The van der Waals surface area contributed by atoms with Gasteiger partial charge in [-0.2, -0.15) is 0 Å². The van der Waals surface area contributed by atoms with Crippen LogP contribution in [0.4, 0.5) is 0 Å². The highest BCUT2D eigenvalue weighted by Crippen LogP contribution is 2.37. The van der Waals surface area contributed by atoms with Crippen LogP contribution in [-0.4, -0.2) is 34.7 Å². The molecule has 0 saturated carbocycles. The normalized spacial score (nSPS) is 18.5. The largest absolute Gasteiger partial charge is 0.491 e. The summed E-state index contributed by atoms with van der Waals surface area (Å²) in [6, 6.07) is 7.83. The number of rotatable bonds is 5. The van der Waals surface area contributed by atoms with Gasteiger partial charge in [0.05, 0.1) is 6.10 Å². The fraction of sp³-hybridized carbons (Fsp3) is 0.647. The van der Waals surface area contributed by atoms with E-state index in [4.69, 9.17) is 4.74 Å². The van der Waals surface area contributed by atoms with Gasteiger partial charge in [-0.1, -0.05) is 18.2 Å². The Labute approximate surface area is 122 Å². The summed E-state index contributed by atoms with van der Waals surface area (Å²) in [5.74, 6) is 0.794. The summed E-state index contributed by atoms with van der Waals surface area (Å²) < 4.78 is 5.85. The molecule has 1 unspecified atom stereocenters. The van der Waals surface area contributed by atoms with Crippen LogP contribution in [0.25, 0.3) is 0 Å². The van der Waals surface area contributed by atoms with Crippen LogP contribution in [0, 0.1) is 0 Å². The minimum Gasteiger partial charge on any atom is -0.491 e. The number of hydrogen-bond acceptors (Lipinski definition) is 3. The Bertz CT molecular complexity index is 436. The molecule has 1 aliphatic heterocycles. The number of benzene rings is 1. The Balaban J connectivity index is 2.25. The molecule has 1 saturated heterocycles. The third-order valence-electron chi connectivity index (χ3n) is 4.17. The smallest absolute Gasteiger partial charge is 0.125 e.